The number of urea groups is 1. The van der Waals surface area contributed by atoms with Crippen molar-refractivity contribution in [3.05, 3.63) is 65.5 Å². The van der Waals surface area contributed by atoms with Crippen LogP contribution in [0.5, 0.6) is 5.75 Å². The average Bonchev–Trinajstić information content (AvgIpc) is 3.12. The number of carbonyl (C=O) groups excluding carboxylic acids is 1. The molecule has 0 spiro atoms. The number of rotatable bonds is 4. The van der Waals surface area contributed by atoms with Crippen molar-refractivity contribution in [1.29, 1.82) is 0 Å². The van der Waals surface area contributed by atoms with Gasteiger partial charge in [0.1, 0.15) is 11.6 Å². The minimum absolute atomic E-state index is 0.155. The van der Waals surface area contributed by atoms with Gasteiger partial charge in [0.25, 0.3) is 0 Å². The van der Waals surface area contributed by atoms with E-state index in [1.54, 1.807) is 18.0 Å². The zero-order chi connectivity index (χ0) is 20.5. The van der Waals surface area contributed by atoms with Gasteiger partial charge in [-0.1, -0.05) is 30.3 Å². The molecule has 0 saturated heterocycles. The molecule has 2 heterocycles. The molecular weight excluding hydrogens is 371 g/mol. The second-order valence-corrected chi connectivity index (χ2v) is 7.75. The summed E-state index contributed by atoms with van der Waals surface area (Å²) < 4.78 is 19.8. The third kappa shape index (κ3) is 3.70. The van der Waals surface area contributed by atoms with Crippen LogP contribution in [0.2, 0.25) is 0 Å². The summed E-state index contributed by atoms with van der Waals surface area (Å²) >= 11 is 0. The lowest BCUT2D eigenvalue weighted by atomic mass is 9.86. The highest BCUT2D eigenvalue weighted by Crippen LogP contribution is 2.42. The molecule has 2 atom stereocenters. The third-order valence-electron chi connectivity index (χ3n) is 5.39. The van der Waals surface area contributed by atoms with Crippen molar-refractivity contribution in [2.75, 3.05) is 40.8 Å². The zero-order valence-corrected chi connectivity index (χ0v) is 16.9. The summed E-state index contributed by atoms with van der Waals surface area (Å²) in [5, 5.41) is 6.23. The number of hydrazone groups is 1. The van der Waals surface area contributed by atoms with Gasteiger partial charge in [-0.3, -0.25) is 0 Å². The molecule has 6 nitrogen and oxygen atoms in total. The lowest BCUT2D eigenvalue weighted by molar-refractivity contribution is 0.131. The molecule has 2 aliphatic rings. The molecule has 7 heteroatoms. The maximum Gasteiger partial charge on any atom is 0.340 e. The summed E-state index contributed by atoms with van der Waals surface area (Å²) in [6.45, 7) is 1.73. The van der Waals surface area contributed by atoms with E-state index in [0.717, 1.165) is 12.1 Å². The Balaban J connectivity index is 1.72. The second-order valence-electron chi connectivity index (χ2n) is 7.75. The fourth-order valence-electron chi connectivity index (χ4n) is 3.81. The van der Waals surface area contributed by atoms with Gasteiger partial charge in [-0.2, -0.15) is 5.10 Å². The number of benzene rings is 2. The van der Waals surface area contributed by atoms with E-state index in [2.05, 4.69) is 0 Å². The quantitative estimate of drug-likeness (QED) is 0.797. The minimum atomic E-state index is -0.347. The smallest absolute Gasteiger partial charge is 0.340 e. The standard InChI is InChI=1S/C22H25FN4O2/c1-25(2)11-12-26(3)22(28)27-21(15-7-5-4-6-8-15)18-14-29-19-10-9-16(23)13-17(19)20(18)24-27/h4-10,13,18,21H,11-12,14H2,1-3H3/t18-,21+/m0/s1. The lowest BCUT2D eigenvalue weighted by Crippen LogP contribution is -2.43. The SMILES string of the molecule is CN(C)CCN(C)C(=O)N1N=C2c3cc(F)ccc3OC[C@@H]2[C@H]1c1ccccc1. The molecule has 2 aliphatic heterocycles. The second kappa shape index (κ2) is 7.83. The van der Waals surface area contributed by atoms with E-state index in [9.17, 15) is 9.18 Å². The maximum absolute atomic E-state index is 13.9. The number of nitrogens with zero attached hydrogens (tertiary/aromatic N) is 4. The monoisotopic (exact) mass is 396 g/mol. The molecule has 0 aliphatic carbocycles. The molecule has 0 aromatic heterocycles. The Bertz CT molecular complexity index is 932. The molecule has 0 radical (unpaired) electrons. The number of amides is 2. The highest BCUT2D eigenvalue weighted by atomic mass is 19.1. The van der Waals surface area contributed by atoms with Crippen molar-refractivity contribution < 1.29 is 13.9 Å². The topological polar surface area (TPSA) is 48.4 Å². The van der Waals surface area contributed by atoms with Crippen molar-refractivity contribution in [2.45, 2.75) is 6.04 Å². The van der Waals surface area contributed by atoms with E-state index >= 15 is 0 Å². The van der Waals surface area contributed by atoms with Gasteiger partial charge in [0.05, 0.1) is 24.3 Å². The predicted octanol–water partition coefficient (Wildman–Crippen LogP) is 3.21. The summed E-state index contributed by atoms with van der Waals surface area (Å²) in [7, 11) is 5.72. The number of carbonyl (C=O) groups is 1. The summed E-state index contributed by atoms with van der Waals surface area (Å²) in [6.07, 6.45) is 0. The third-order valence-corrected chi connectivity index (χ3v) is 5.39. The summed E-state index contributed by atoms with van der Waals surface area (Å²) in [5.41, 5.74) is 2.30. The van der Waals surface area contributed by atoms with E-state index < -0.39 is 0 Å². The number of hydrogen-bond acceptors (Lipinski definition) is 4. The van der Waals surface area contributed by atoms with Gasteiger partial charge in [0.2, 0.25) is 0 Å². The van der Waals surface area contributed by atoms with Gasteiger partial charge < -0.3 is 14.5 Å². The summed E-state index contributed by atoms with van der Waals surface area (Å²) in [5.74, 6) is 0.0983. The Morgan fingerprint density at radius 1 is 1.17 bits per heavy atom. The zero-order valence-electron chi connectivity index (χ0n) is 16.9. The molecule has 0 bridgehead atoms. The molecule has 2 aromatic rings. The number of likely N-dealkylation sites (N-methyl/N-ethyl adjacent to an activating group) is 2. The first-order valence-corrected chi connectivity index (χ1v) is 9.71. The van der Waals surface area contributed by atoms with Crippen molar-refractivity contribution in [2.24, 2.45) is 11.0 Å². The van der Waals surface area contributed by atoms with Crippen LogP contribution in [0.15, 0.2) is 53.6 Å². The Labute approximate surface area is 170 Å². The van der Waals surface area contributed by atoms with Gasteiger partial charge in [0, 0.05) is 25.7 Å². The maximum atomic E-state index is 13.9. The van der Waals surface area contributed by atoms with Gasteiger partial charge in [-0.15, -0.1) is 0 Å². The molecule has 0 unspecified atom stereocenters. The van der Waals surface area contributed by atoms with Crippen molar-refractivity contribution in [3.8, 4) is 5.75 Å². The van der Waals surface area contributed by atoms with Crippen LogP contribution >= 0.6 is 0 Å². The van der Waals surface area contributed by atoms with E-state index in [1.807, 2.05) is 49.3 Å². The number of ether oxygens (including phenoxy) is 1. The lowest BCUT2D eigenvalue weighted by Gasteiger charge is -2.31. The van der Waals surface area contributed by atoms with Crippen LogP contribution in [-0.4, -0.2) is 67.4 Å². The first-order valence-electron chi connectivity index (χ1n) is 9.71. The van der Waals surface area contributed by atoms with Crippen LogP contribution < -0.4 is 4.74 Å². The molecule has 152 valence electrons. The first-order chi connectivity index (χ1) is 14.0. The molecule has 2 amide bonds. The Morgan fingerprint density at radius 3 is 2.66 bits per heavy atom. The fraction of sp³-hybridized carbons (Fsp3) is 0.364. The van der Waals surface area contributed by atoms with Crippen LogP contribution in [0.4, 0.5) is 9.18 Å². The van der Waals surface area contributed by atoms with E-state index in [1.165, 1.54) is 17.1 Å². The molecular formula is C22H25FN4O2. The number of halogens is 1. The molecule has 0 fully saturated rings. The molecule has 0 saturated carbocycles. The van der Waals surface area contributed by atoms with E-state index in [4.69, 9.17) is 9.84 Å². The Kier molecular flexibility index (Phi) is 5.24. The van der Waals surface area contributed by atoms with Crippen LogP contribution in [0.25, 0.3) is 0 Å². The molecule has 29 heavy (non-hydrogen) atoms. The molecule has 2 aromatic carbocycles. The minimum Gasteiger partial charge on any atom is -0.492 e. The Hall–Kier alpha value is -2.93. The normalized spacial score (nSPS) is 20.0. The fourth-order valence-corrected chi connectivity index (χ4v) is 3.81. The number of hydrogen-bond donors (Lipinski definition) is 0. The summed E-state index contributed by atoms with van der Waals surface area (Å²) in [4.78, 5) is 17.0. The predicted molar refractivity (Wildman–Crippen MR) is 110 cm³/mol. The van der Waals surface area contributed by atoms with Crippen molar-refractivity contribution >= 4 is 11.7 Å². The van der Waals surface area contributed by atoms with E-state index in [-0.39, 0.29) is 23.8 Å². The molecule has 4 rings (SSSR count). The Morgan fingerprint density at radius 2 is 1.93 bits per heavy atom. The highest BCUT2D eigenvalue weighted by Gasteiger charge is 2.45. The average molecular weight is 396 g/mol. The van der Waals surface area contributed by atoms with Crippen molar-refractivity contribution in [1.82, 2.24) is 14.8 Å². The first kappa shape index (κ1) is 19.4. The van der Waals surface area contributed by atoms with Crippen LogP contribution in [0.3, 0.4) is 0 Å². The van der Waals surface area contributed by atoms with Gasteiger partial charge in [-0.05, 0) is 37.9 Å². The number of fused-ring (bicyclic) bond motifs is 3. The van der Waals surface area contributed by atoms with Gasteiger partial charge in [0.15, 0.2) is 0 Å². The van der Waals surface area contributed by atoms with Gasteiger partial charge in [-0.25, -0.2) is 14.2 Å². The largest absolute Gasteiger partial charge is 0.492 e. The highest BCUT2D eigenvalue weighted by molar-refractivity contribution is 6.07. The van der Waals surface area contributed by atoms with Gasteiger partial charge >= 0.3 is 6.03 Å². The summed E-state index contributed by atoms with van der Waals surface area (Å²) in [6, 6.07) is 13.8. The van der Waals surface area contributed by atoms with Crippen LogP contribution in [0, 0.1) is 11.7 Å². The van der Waals surface area contributed by atoms with Crippen LogP contribution in [0.1, 0.15) is 17.2 Å². The van der Waals surface area contributed by atoms with E-state index in [0.29, 0.717) is 30.2 Å². The van der Waals surface area contributed by atoms with Crippen LogP contribution in [-0.2, 0) is 0 Å². The molecule has 0 N–H and O–H groups in total. The van der Waals surface area contributed by atoms with Crippen molar-refractivity contribution in [3.63, 3.8) is 0 Å².